The van der Waals surface area contributed by atoms with Crippen LogP contribution in [0.15, 0.2) is 6.07 Å². The molecule has 6 nitrogen and oxygen atoms in total. The van der Waals surface area contributed by atoms with Gasteiger partial charge in [0.05, 0.1) is 11.7 Å². The van der Waals surface area contributed by atoms with Crippen LogP contribution in [0.5, 0.6) is 0 Å². The molecule has 0 aromatic carbocycles. The first-order valence-electron chi connectivity index (χ1n) is 6.03. The van der Waals surface area contributed by atoms with Gasteiger partial charge in [-0.05, 0) is 25.8 Å². The third kappa shape index (κ3) is 2.89. The van der Waals surface area contributed by atoms with Crippen LogP contribution in [0.4, 0.5) is 0 Å². The summed E-state index contributed by atoms with van der Waals surface area (Å²) in [6.07, 6.45) is 1.57. The van der Waals surface area contributed by atoms with Gasteiger partial charge in [-0.3, -0.25) is 0 Å². The molecule has 0 bridgehead atoms. The number of hydrogen-bond donors (Lipinski definition) is 0. The lowest BCUT2D eigenvalue weighted by atomic mass is 10.1. The van der Waals surface area contributed by atoms with Crippen molar-refractivity contribution in [2.45, 2.75) is 25.8 Å². The molecule has 1 aromatic rings. The lowest BCUT2D eigenvalue weighted by Crippen LogP contribution is -2.39. The second-order valence-electron chi connectivity index (χ2n) is 4.72. The Morgan fingerprint density at radius 3 is 2.68 bits per heavy atom. The summed E-state index contributed by atoms with van der Waals surface area (Å²) in [7, 11) is -0.375. The molecule has 0 spiro atoms. The highest BCUT2D eigenvalue weighted by atomic mass is 35.5. The van der Waals surface area contributed by atoms with Gasteiger partial charge in [0, 0.05) is 20.6 Å². The minimum atomic E-state index is -3.44. The zero-order chi connectivity index (χ0) is 14.2. The first-order chi connectivity index (χ1) is 8.82. The van der Waals surface area contributed by atoms with Crippen molar-refractivity contribution in [1.82, 2.24) is 18.6 Å². The Morgan fingerprint density at radius 1 is 1.42 bits per heavy atom. The van der Waals surface area contributed by atoms with E-state index in [1.165, 1.54) is 22.7 Å². The molecule has 0 saturated carbocycles. The molecule has 0 aliphatic carbocycles. The van der Waals surface area contributed by atoms with E-state index in [2.05, 4.69) is 9.97 Å². The molecule has 0 N–H and O–H groups in total. The molecule has 1 aliphatic rings. The van der Waals surface area contributed by atoms with Crippen LogP contribution in [0.25, 0.3) is 0 Å². The van der Waals surface area contributed by atoms with E-state index < -0.39 is 10.2 Å². The summed E-state index contributed by atoms with van der Waals surface area (Å²) in [4.78, 5) is 8.32. The number of halogens is 1. The molecule has 0 amide bonds. The van der Waals surface area contributed by atoms with Gasteiger partial charge >= 0.3 is 0 Å². The normalized spacial score (nSPS) is 21.2. The van der Waals surface area contributed by atoms with Crippen molar-refractivity contribution in [3.63, 3.8) is 0 Å². The molecular weight excluding hydrogens is 288 g/mol. The van der Waals surface area contributed by atoms with Crippen molar-refractivity contribution in [1.29, 1.82) is 0 Å². The van der Waals surface area contributed by atoms with Gasteiger partial charge in [-0.2, -0.15) is 17.0 Å². The fourth-order valence-electron chi connectivity index (χ4n) is 2.25. The predicted molar refractivity (Wildman–Crippen MR) is 73.1 cm³/mol. The molecule has 0 radical (unpaired) electrons. The molecule has 1 aromatic heterocycles. The Hall–Kier alpha value is -0.760. The Morgan fingerprint density at radius 2 is 2.11 bits per heavy atom. The Balaban J connectivity index is 2.39. The smallest absolute Gasteiger partial charge is 0.236 e. The van der Waals surface area contributed by atoms with Gasteiger partial charge in [0.1, 0.15) is 11.0 Å². The highest BCUT2D eigenvalue weighted by molar-refractivity contribution is 7.86. The molecule has 1 aliphatic heterocycles. The first kappa shape index (κ1) is 14.6. The van der Waals surface area contributed by atoms with Gasteiger partial charge in [0.25, 0.3) is 10.2 Å². The van der Waals surface area contributed by atoms with E-state index in [9.17, 15) is 8.42 Å². The number of nitrogens with zero attached hydrogens (tertiary/aromatic N) is 4. The average molecular weight is 305 g/mol. The van der Waals surface area contributed by atoms with Crippen molar-refractivity contribution >= 4 is 21.8 Å². The topological polar surface area (TPSA) is 66.4 Å². The van der Waals surface area contributed by atoms with Crippen molar-refractivity contribution < 1.29 is 8.42 Å². The van der Waals surface area contributed by atoms with Crippen LogP contribution in [-0.4, -0.2) is 47.6 Å². The average Bonchev–Trinajstić information content (AvgIpc) is 2.76. The molecule has 106 valence electrons. The lowest BCUT2D eigenvalue weighted by Gasteiger charge is -2.26. The molecule has 1 fully saturated rings. The van der Waals surface area contributed by atoms with E-state index in [0.717, 1.165) is 12.8 Å². The maximum atomic E-state index is 12.3. The van der Waals surface area contributed by atoms with Crippen LogP contribution in [0.2, 0.25) is 5.15 Å². The van der Waals surface area contributed by atoms with E-state index in [1.54, 1.807) is 13.0 Å². The largest absolute Gasteiger partial charge is 0.282 e. The van der Waals surface area contributed by atoms with E-state index >= 15 is 0 Å². The zero-order valence-corrected chi connectivity index (χ0v) is 12.7. The summed E-state index contributed by atoms with van der Waals surface area (Å²) in [5.41, 5.74) is 0.667. The quantitative estimate of drug-likeness (QED) is 0.791. The molecular formula is C11H17ClN4O2S. The van der Waals surface area contributed by atoms with Crippen molar-refractivity contribution in [3.05, 3.63) is 22.7 Å². The van der Waals surface area contributed by atoms with Gasteiger partial charge in [-0.1, -0.05) is 11.6 Å². The molecule has 19 heavy (non-hydrogen) atoms. The lowest BCUT2D eigenvalue weighted by molar-refractivity contribution is 0.357. The molecule has 8 heteroatoms. The monoisotopic (exact) mass is 304 g/mol. The fraction of sp³-hybridized carbons (Fsp3) is 0.636. The standard InChI is InChI=1S/C11H17ClN4O2S/c1-8-13-9(7-11(12)14-8)10-5-4-6-16(10)19(17,18)15(2)3/h7,10H,4-6H2,1-3H3. The van der Waals surface area contributed by atoms with Crippen LogP contribution >= 0.6 is 11.6 Å². The van der Waals surface area contributed by atoms with Gasteiger partial charge in [-0.15, -0.1) is 0 Å². The molecule has 2 rings (SSSR count). The third-order valence-electron chi connectivity index (χ3n) is 3.13. The summed E-state index contributed by atoms with van der Waals surface area (Å²) < 4.78 is 27.2. The summed E-state index contributed by atoms with van der Waals surface area (Å²) in [5, 5.41) is 0.344. The van der Waals surface area contributed by atoms with Crippen LogP contribution in [0.1, 0.15) is 30.4 Å². The summed E-state index contributed by atoms with van der Waals surface area (Å²) >= 11 is 5.92. The number of rotatable bonds is 3. The minimum absolute atomic E-state index is 0.258. The van der Waals surface area contributed by atoms with Crippen LogP contribution in [0, 0.1) is 6.92 Å². The Kier molecular flexibility index (Phi) is 4.10. The highest BCUT2D eigenvalue weighted by Gasteiger charge is 2.37. The SMILES string of the molecule is Cc1nc(Cl)cc(C2CCCN2S(=O)(=O)N(C)C)n1. The minimum Gasteiger partial charge on any atom is -0.236 e. The number of aryl methyl sites for hydroxylation is 1. The zero-order valence-electron chi connectivity index (χ0n) is 11.2. The van der Waals surface area contributed by atoms with E-state index in [0.29, 0.717) is 23.2 Å². The van der Waals surface area contributed by atoms with Crippen molar-refractivity contribution in [3.8, 4) is 0 Å². The van der Waals surface area contributed by atoms with Crippen LogP contribution < -0.4 is 0 Å². The van der Waals surface area contributed by atoms with Crippen LogP contribution in [0.3, 0.4) is 0 Å². The van der Waals surface area contributed by atoms with Crippen LogP contribution in [-0.2, 0) is 10.2 Å². The second kappa shape index (κ2) is 5.32. The van der Waals surface area contributed by atoms with E-state index in [4.69, 9.17) is 11.6 Å². The molecule has 1 atom stereocenters. The summed E-state index contributed by atoms with van der Waals surface area (Å²) in [6, 6.07) is 1.38. The second-order valence-corrected chi connectivity index (χ2v) is 7.20. The molecule has 1 unspecified atom stereocenters. The molecule has 1 saturated heterocycles. The van der Waals surface area contributed by atoms with Crippen molar-refractivity contribution in [2.75, 3.05) is 20.6 Å². The van der Waals surface area contributed by atoms with Gasteiger partial charge in [0.2, 0.25) is 0 Å². The highest BCUT2D eigenvalue weighted by Crippen LogP contribution is 2.34. The Labute approximate surface area is 118 Å². The maximum Gasteiger partial charge on any atom is 0.282 e. The summed E-state index contributed by atoms with van der Waals surface area (Å²) in [6.45, 7) is 2.25. The maximum absolute atomic E-state index is 12.3. The predicted octanol–water partition coefficient (Wildman–Crippen LogP) is 1.38. The fourth-order valence-corrected chi connectivity index (χ4v) is 3.79. The molecule has 2 heterocycles. The number of aromatic nitrogens is 2. The third-order valence-corrected chi connectivity index (χ3v) is 5.28. The first-order valence-corrected chi connectivity index (χ1v) is 7.80. The Bertz CT molecular complexity index is 556. The van der Waals surface area contributed by atoms with Crippen molar-refractivity contribution in [2.24, 2.45) is 0 Å². The summed E-state index contributed by atoms with van der Waals surface area (Å²) in [5.74, 6) is 0.552. The van der Waals surface area contributed by atoms with E-state index in [1.807, 2.05) is 0 Å². The van der Waals surface area contributed by atoms with Gasteiger partial charge < -0.3 is 0 Å². The van der Waals surface area contributed by atoms with Gasteiger partial charge in [0.15, 0.2) is 0 Å². The van der Waals surface area contributed by atoms with Gasteiger partial charge in [-0.25, -0.2) is 9.97 Å². The van der Waals surface area contributed by atoms with E-state index in [-0.39, 0.29) is 6.04 Å². The number of hydrogen-bond acceptors (Lipinski definition) is 4.